The predicted octanol–water partition coefficient (Wildman–Crippen LogP) is 0.947. The highest BCUT2D eigenvalue weighted by atomic mass is 16.5. The van der Waals surface area contributed by atoms with Crippen LogP contribution in [-0.2, 0) is 6.42 Å². The summed E-state index contributed by atoms with van der Waals surface area (Å²) in [7, 11) is 0. The third-order valence-electron chi connectivity index (χ3n) is 2.05. The Hall–Kier alpha value is -1.06. The second-order valence-corrected chi connectivity index (χ2v) is 3.20. The van der Waals surface area contributed by atoms with Gasteiger partial charge in [0.2, 0.25) is 0 Å². The van der Waals surface area contributed by atoms with Crippen LogP contribution in [0.2, 0.25) is 0 Å². The van der Waals surface area contributed by atoms with E-state index in [4.69, 9.17) is 10.5 Å². The fourth-order valence-corrected chi connectivity index (χ4v) is 1.08. The number of ether oxygens (including phenoxy) is 1. The van der Waals surface area contributed by atoms with Gasteiger partial charge in [0.25, 0.3) is 0 Å². The maximum atomic E-state index is 9.17. The molecule has 1 atom stereocenters. The van der Waals surface area contributed by atoms with Gasteiger partial charge >= 0.3 is 0 Å². The molecule has 0 aromatic heterocycles. The zero-order valence-corrected chi connectivity index (χ0v) is 8.44. The highest BCUT2D eigenvalue weighted by molar-refractivity contribution is 5.27. The highest BCUT2D eigenvalue weighted by Crippen LogP contribution is 2.12. The predicted molar refractivity (Wildman–Crippen MR) is 56.4 cm³/mol. The van der Waals surface area contributed by atoms with E-state index in [1.807, 2.05) is 24.3 Å². The van der Waals surface area contributed by atoms with Crippen LogP contribution in [0.1, 0.15) is 12.5 Å². The Labute approximate surface area is 84.5 Å². The van der Waals surface area contributed by atoms with Gasteiger partial charge in [0.05, 0.1) is 0 Å². The van der Waals surface area contributed by atoms with Crippen LogP contribution in [0, 0.1) is 0 Å². The van der Waals surface area contributed by atoms with Gasteiger partial charge in [-0.2, -0.15) is 0 Å². The summed E-state index contributed by atoms with van der Waals surface area (Å²) in [5, 5.41) is 9.17. The Bertz CT molecular complexity index is 258. The molecule has 0 fully saturated rings. The van der Waals surface area contributed by atoms with Crippen LogP contribution in [-0.4, -0.2) is 24.4 Å². The summed E-state index contributed by atoms with van der Waals surface area (Å²) >= 11 is 0. The molecule has 0 unspecified atom stereocenters. The number of nitrogens with two attached hydrogens (primary N) is 1. The van der Waals surface area contributed by atoms with Gasteiger partial charge in [-0.05, 0) is 24.1 Å². The molecule has 0 heterocycles. The third kappa shape index (κ3) is 3.36. The van der Waals surface area contributed by atoms with Crippen molar-refractivity contribution in [2.45, 2.75) is 19.4 Å². The van der Waals surface area contributed by atoms with Crippen molar-refractivity contribution in [3.05, 3.63) is 29.8 Å². The molecule has 1 rings (SSSR count). The molecular weight excluding hydrogens is 178 g/mol. The van der Waals surface area contributed by atoms with Crippen LogP contribution in [0.5, 0.6) is 5.75 Å². The Morgan fingerprint density at radius 2 is 2.00 bits per heavy atom. The lowest BCUT2D eigenvalue weighted by molar-refractivity contribution is 0.114. The molecule has 3 heteroatoms. The molecule has 78 valence electrons. The van der Waals surface area contributed by atoms with E-state index < -0.39 is 6.10 Å². The van der Waals surface area contributed by atoms with Crippen molar-refractivity contribution in [3.63, 3.8) is 0 Å². The quantitative estimate of drug-likeness (QED) is 0.735. The second kappa shape index (κ2) is 5.62. The Balaban J connectivity index is 2.43. The summed E-state index contributed by atoms with van der Waals surface area (Å²) in [5.41, 5.74) is 6.53. The van der Waals surface area contributed by atoms with Gasteiger partial charge in [-0.3, -0.25) is 0 Å². The van der Waals surface area contributed by atoms with Crippen LogP contribution in [0.15, 0.2) is 24.3 Å². The van der Waals surface area contributed by atoms with E-state index in [0.717, 1.165) is 12.2 Å². The summed E-state index contributed by atoms with van der Waals surface area (Å²) in [6, 6.07) is 7.85. The minimum Gasteiger partial charge on any atom is -0.491 e. The molecule has 0 saturated carbocycles. The van der Waals surface area contributed by atoms with Crippen LogP contribution in [0.3, 0.4) is 0 Å². The number of benzene rings is 1. The van der Waals surface area contributed by atoms with Crippen molar-refractivity contribution in [2.75, 3.05) is 13.2 Å². The summed E-state index contributed by atoms with van der Waals surface area (Å²) in [4.78, 5) is 0. The second-order valence-electron chi connectivity index (χ2n) is 3.20. The molecule has 0 bridgehead atoms. The van der Waals surface area contributed by atoms with Gasteiger partial charge in [-0.25, -0.2) is 0 Å². The van der Waals surface area contributed by atoms with Gasteiger partial charge < -0.3 is 15.6 Å². The number of aryl methyl sites for hydroxylation is 1. The van der Waals surface area contributed by atoms with E-state index in [0.29, 0.717) is 0 Å². The van der Waals surface area contributed by atoms with Crippen molar-refractivity contribution >= 4 is 0 Å². The largest absolute Gasteiger partial charge is 0.491 e. The fraction of sp³-hybridized carbons (Fsp3) is 0.455. The number of aliphatic hydroxyl groups excluding tert-OH is 1. The fourth-order valence-electron chi connectivity index (χ4n) is 1.08. The van der Waals surface area contributed by atoms with Gasteiger partial charge in [0, 0.05) is 6.54 Å². The molecule has 1 aromatic rings. The van der Waals surface area contributed by atoms with Crippen LogP contribution < -0.4 is 10.5 Å². The van der Waals surface area contributed by atoms with E-state index in [1.54, 1.807) is 0 Å². The van der Waals surface area contributed by atoms with Crippen LogP contribution in [0.4, 0.5) is 0 Å². The Morgan fingerprint density at radius 1 is 1.36 bits per heavy atom. The minimum atomic E-state index is -0.583. The monoisotopic (exact) mass is 195 g/mol. The number of hydrogen-bond donors (Lipinski definition) is 2. The average Bonchev–Trinajstić information content (AvgIpc) is 2.26. The Kier molecular flexibility index (Phi) is 4.43. The van der Waals surface area contributed by atoms with E-state index >= 15 is 0 Å². The summed E-state index contributed by atoms with van der Waals surface area (Å²) in [6.07, 6.45) is 0.437. The van der Waals surface area contributed by atoms with Crippen LogP contribution >= 0.6 is 0 Å². The smallest absolute Gasteiger partial charge is 0.119 e. The molecule has 0 radical (unpaired) electrons. The maximum Gasteiger partial charge on any atom is 0.119 e. The van der Waals surface area contributed by atoms with Gasteiger partial charge in [0.15, 0.2) is 0 Å². The summed E-state index contributed by atoms with van der Waals surface area (Å²) in [6.45, 7) is 2.59. The summed E-state index contributed by atoms with van der Waals surface area (Å²) in [5.74, 6) is 0.773. The normalized spacial score (nSPS) is 12.5. The molecule has 3 N–H and O–H groups in total. The number of aliphatic hydroxyl groups is 1. The summed E-state index contributed by atoms with van der Waals surface area (Å²) < 4.78 is 5.33. The Morgan fingerprint density at radius 3 is 2.50 bits per heavy atom. The standard InChI is InChI=1S/C11H17NO2/c1-2-9-3-5-11(6-4-9)14-8-10(13)7-12/h3-6,10,13H,2,7-8,12H2,1H3/t10-/m0/s1. The zero-order valence-electron chi connectivity index (χ0n) is 8.44. The minimum absolute atomic E-state index is 0.229. The first kappa shape index (κ1) is 11.0. The molecule has 0 aliphatic carbocycles. The number of hydrogen-bond acceptors (Lipinski definition) is 3. The average molecular weight is 195 g/mol. The lowest BCUT2D eigenvalue weighted by Crippen LogP contribution is -2.26. The van der Waals surface area contributed by atoms with Crippen molar-refractivity contribution < 1.29 is 9.84 Å². The number of rotatable bonds is 5. The SMILES string of the molecule is CCc1ccc(OC[C@@H](O)CN)cc1. The van der Waals surface area contributed by atoms with E-state index in [1.165, 1.54) is 5.56 Å². The van der Waals surface area contributed by atoms with Gasteiger partial charge in [-0.15, -0.1) is 0 Å². The molecule has 0 saturated heterocycles. The molecule has 1 aromatic carbocycles. The molecule has 0 amide bonds. The van der Waals surface area contributed by atoms with Gasteiger partial charge in [0.1, 0.15) is 18.5 Å². The third-order valence-corrected chi connectivity index (χ3v) is 2.05. The molecule has 14 heavy (non-hydrogen) atoms. The molecule has 3 nitrogen and oxygen atoms in total. The van der Waals surface area contributed by atoms with Crippen molar-refractivity contribution in [1.82, 2.24) is 0 Å². The van der Waals surface area contributed by atoms with E-state index in [9.17, 15) is 5.11 Å². The molecule has 0 aliphatic rings. The van der Waals surface area contributed by atoms with E-state index in [-0.39, 0.29) is 13.2 Å². The maximum absolute atomic E-state index is 9.17. The zero-order chi connectivity index (χ0) is 10.4. The molecule has 0 aliphatic heterocycles. The first-order valence-electron chi connectivity index (χ1n) is 4.86. The van der Waals surface area contributed by atoms with Crippen molar-refractivity contribution in [3.8, 4) is 5.75 Å². The lowest BCUT2D eigenvalue weighted by atomic mass is 10.2. The topological polar surface area (TPSA) is 55.5 Å². The van der Waals surface area contributed by atoms with Crippen molar-refractivity contribution in [2.24, 2.45) is 5.73 Å². The molecule has 0 spiro atoms. The van der Waals surface area contributed by atoms with Crippen LogP contribution in [0.25, 0.3) is 0 Å². The first-order valence-corrected chi connectivity index (χ1v) is 4.86. The highest BCUT2D eigenvalue weighted by Gasteiger charge is 2.01. The lowest BCUT2D eigenvalue weighted by Gasteiger charge is -2.10. The first-order chi connectivity index (χ1) is 6.76. The molecular formula is C11H17NO2. The van der Waals surface area contributed by atoms with Gasteiger partial charge in [-0.1, -0.05) is 19.1 Å². The van der Waals surface area contributed by atoms with Crippen molar-refractivity contribution in [1.29, 1.82) is 0 Å². The van der Waals surface area contributed by atoms with E-state index in [2.05, 4.69) is 6.92 Å².